The fourth-order valence-electron chi connectivity index (χ4n) is 3.76. The van der Waals surface area contributed by atoms with E-state index in [0.29, 0.717) is 24.7 Å². The van der Waals surface area contributed by atoms with E-state index in [1.807, 2.05) is 54.3 Å². The summed E-state index contributed by atoms with van der Waals surface area (Å²) in [6, 6.07) is 13.7. The Kier molecular flexibility index (Phi) is 4.74. The van der Waals surface area contributed by atoms with Gasteiger partial charge in [0.05, 0.1) is 12.1 Å². The van der Waals surface area contributed by atoms with Crippen molar-refractivity contribution in [3.8, 4) is 22.8 Å². The summed E-state index contributed by atoms with van der Waals surface area (Å²) in [6.07, 6.45) is 2.63. The van der Waals surface area contributed by atoms with Gasteiger partial charge < -0.3 is 9.42 Å². The number of carbonyl (C=O) groups is 1. The molecule has 0 spiro atoms. The van der Waals surface area contributed by atoms with Crippen LogP contribution in [0.1, 0.15) is 24.8 Å². The minimum atomic E-state index is 0.184. The fraction of sp³-hybridized carbons (Fsp3) is 0.318. The van der Waals surface area contributed by atoms with Crippen LogP contribution in [0, 0.1) is 6.92 Å². The molecule has 0 bridgehead atoms. The molecule has 1 aliphatic heterocycles. The zero-order valence-electron chi connectivity index (χ0n) is 16.8. The van der Waals surface area contributed by atoms with Gasteiger partial charge in [-0.25, -0.2) is 4.68 Å². The molecule has 1 aliphatic rings. The number of benzene rings is 2. The van der Waals surface area contributed by atoms with E-state index in [4.69, 9.17) is 4.52 Å². The Morgan fingerprint density at radius 1 is 1.07 bits per heavy atom. The van der Waals surface area contributed by atoms with Crippen LogP contribution in [-0.2, 0) is 11.3 Å². The highest BCUT2D eigenvalue weighted by molar-refractivity contribution is 5.80. The third-order valence-electron chi connectivity index (χ3n) is 5.49. The molecule has 5 rings (SSSR count). The zero-order chi connectivity index (χ0) is 20.5. The Labute approximate surface area is 173 Å². The molecule has 152 valence electrons. The molecule has 1 saturated heterocycles. The van der Waals surface area contributed by atoms with Crippen LogP contribution in [0.3, 0.4) is 0 Å². The maximum atomic E-state index is 12.3. The molecular weight excluding hydrogens is 380 g/mol. The molecule has 0 atom stereocenters. The number of nitrogens with zero attached hydrogens (tertiary/aromatic N) is 6. The number of fused-ring (bicyclic) bond motifs is 1. The van der Waals surface area contributed by atoms with Crippen LogP contribution in [0.15, 0.2) is 47.0 Å². The van der Waals surface area contributed by atoms with E-state index in [1.54, 1.807) is 4.68 Å². The second-order valence-corrected chi connectivity index (χ2v) is 7.64. The zero-order valence-corrected chi connectivity index (χ0v) is 16.8. The Morgan fingerprint density at radius 2 is 1.83 bits per heavy atom. The summed E-state index contributed by atoms with van der Waals surface area (Å²) < 4.78 is 7.21. The van der Waals surface area contributed by atoms with Crippen LogP contribution in [0.5, 0.6) is 0 Å². The highest BCUT2D eigenvalue weighted by Crippen LogP contribution is 2.25. The molecule has 2 aromatic carbocycles. The lowest BCUT2D eigenvalue weighted by Crippen LogP contribution is -2.28. The van der Waals surface area contributed by atoms with Gasteiger partial charge in [0.1, 0.15) is 5.52 Å². The molecule has 8 nitrogen and oxygen atoms in total. The number of rotatable bonds is 5. The van der Waals surface area contributed by atoms with Crippen molar-refractivity contribution in [1.29, 1.82) is 0 Å². The average molecular weight is 402 g/mol. The van der Waals surface area contributed by atoms with Crippen LogP contribution < -0.4 is 0 Å². The van der Waals surface area contributed by atoms with Crippen molar-refractivity contribution in [2.24, 2.45) is 0 Å². The van der Waals surface area contributed by atoms with Crippen LogP contribution in [0.25, 0.3) is 33.9 Å². The summed E-state index contributed by atoms with van der Waals surface area (Å²) >= 11 is 0. The van der Waals surface area contributed by atoms with E-state index >= 15 is 0 Å². The number of hydrogen-bond donors (Lipinski definition) is 0. The summed E-state index contributed by atoms with van der Waals surface area (Å²) in [5, 5.41) is 12.6. The third-order valence-corrected chi connectivity index (χ3v) is 5.49. The minimum absolute atomic E-state index is 0.184. The Hall–Kier alpha value is -3.55. The molecule has 0 radical (unpaired) electrons. The number of carbonyl (C=O) groups excluding carboxylic acids is 1. The first-order valence-electron chi connectivity index (χ1n) is 10.2. The Bertz CT molecular complexity index is 1190. The molecule has 1 amide bonds. The van der Waals surface area contributed by atoms with Crippen LogP contribution in [0.4, 0.5) is 0 Å². The van der Waals surface area contributed by atoms with E-state index < -0.39 is 0 Å². The average Bonchev–Trinajstić information content (AvgIpc) is 3.53. The van der Waals surface area contributed by atoms with Gasteiger partial charge in [0, 0.05) is 30.6 Å². The van der Waals surface area contributed by atoms with Gasteiger partial charge in [0.15, 0.2) is 0 Å². The first-order chi connectivity index (χ1) is 14.7. The van der Waals surface area contributed by atoms with Crippen LogP contribution >= 0.6 is 0 Å². The molecule has 3 heterocycles. The number of hydrogen-bond acceptors (Lipinski definition) is 6. The van der Waals surface area contributed by atoms with E-state index in [-0.39, 0.29) is 5.91 Å². The third kappa shape index (κ3) is 3.56. The van der Waals surface area contributed by atoms with Crippen LogP contribution in [0.2, 0.25) is 0 Å². The van der Waals surface area contributed by atoms with Gasteiger partial charge in [-0.15, -0.1) is 5.10 Å². The van der Waals surface area contributed by atoms with Crippen molar-refractivity contribution in [3.63, 3.8) is 0 Å². The molecule has 0 aliphatic carbocycles. The molecule has 8 heteroatoms. The lowest BCUT2D eigenvalue weighted by Gasteiger charge is -2.14. The van der Waals surface area contributed by atoms with Crippen molar-refractivity contribution in [1.82, 2.24) is 30.0 Å². The monoisotopic (exact) mass is 402 g/mol. The van der Waals surface area contributed by atoms with E-state index in [0.717, 1.165) is 48.1 Å². The smallest absolute Gasteiger partial charge is 0.258 e. The molecule has 4 aromatic rings. The minimum Gasteiger partial charge on any atom is -0.343 e. The summed E-state index contributed by atoms with van der Waals surface area (Å²) in [7, 11) is 0. The topological polar surface area (TPSA) is 89.9 Å². The number of likely N-dealkylation sites (tertiary alicyclic amines) is 1. The highest BCUT2D eigenvalue weighted by atomic mass is 16.5. The summed E-state index contributed by atoms with van der Waals surface area (Å²) in [5.41, 5.74) is 4.49. The number of amides is 1. The van der Waals surface area contributed by atoms with Gasteiger partial charge in [0.25, 0.3) is 5.89 Å². The first-order valence-corrected chi connectivity index (χ1v) is 10.2. The summed E-state index contributed by atoms with van der Waals surface area (Å²) in [5.74, 6) is 1.17. The number of aromatic nitrogens is 5. The second-order valence-electron chi connectivity index (χ2n) is 7.64. The molecule has 2 aromatic heterocycles. The quantitative estimate of drug-likeness (QED) is 0.508. The van der Waals surface area contributed by atoms with Crippen molar-refractivity contribution in [2.45, 2.75) is 32.7 Å². The van der Waals surface area contributed by atoms with Crippen molar-refractivity contribution in [3.05, 3.63) is 48.0 Å². The predicted molar refractivity (Wildman–Crippen MR) is 111 cm³/mol. The van der Waals surface area contributed by atoms with E-state index in [2.05, 4.69) is 20.5 Å². The Balaban J connectivity index is 1.33. The lowest BCUT2D eigenvalue weighted by atomic mass is 10.1. The highest BCUT2D eigenvalue weighted by Gasteiger charge is 2.18. The standard InChI is InChI=1S/C22H22N6O2/c1-15-4-6-16(7-5-15)22-23-21(25-30-22)17-8-9-19-18(14-17)24-26-28(19)13-10-20(29)27-11-2-3-12-27/h4-9,14H,2-3,10-13H2,1H3. The molecular formula is C22H22N6O2. The fourth-order valence-corrected chi connectivity index (χ4v) is 3.76. The lowest BCUT2D eigenvalue weighted by molar-refractivity contribution is -0.130. The van der Waals surface area contributed by atoms with E-state index in [1.165, 1.54) is 5.56 Å². The molecule has 0 unspecified atom stereocenters. The predicted octanol–water partition coefficient (Wildman–Crippen LogP) is 3.47. The summed E-state index contributed by atoms with van der Waals surface area (Å²) in [6.45, 7) is 4.30. The normalized spacial score (nSPS) is 14.0. The first kappa shape index (κ1) is 18.5. The maximum Gasteiger partial charge on any atom is 0.258 e. The van der Waals surface area contributed by atoms with Crippen molar-refractivity contribution >= 4 is 16.9 Å². The largest absolute Gasteiger partial charge is 0.343 e. The Morgan fingerprint density at radius 3 is 2.63 bits per heavy atom. The molecule has 30 heavy (non-hydrogen) atoms. The second kappa shape index (κ2) is 7.70. The maximum absolute atomic E-state index is 12.3. The molecule has 0 saturated carbocycles. The molecule has 1 fully saturated rings. The van der Waals surface area contributed by atoms with Gasteiger partial charge in [-0.3, -0.25) is 4.79 Å². The van der Waals surface area contributed by atoms with Gasteiger partial charge in [0.2, 0.25) is 11.7 Å². The summed E-state index contributed by atoms with van der Waals surface area (Å²) in [4.78, 5) is 18.7. The van der Waals surface area contributed by atoms with Gasteiger partial charge in [-0.2, -0.15) is 4.98 Å². The SMILES string of the molecule is Cc1ccc(-c2nc(-c3ccc4c(c3)nnn4CCC(=O)N3CCCC3)no2)cc1. The van der Waals surface area contributed by atoms with Gasteiger partial charge >= 0.3 is 0 Å². The van der Waals surface area contributed by atoms with Gasteiger partial charge in [-0.05, 0) is 50.1 Å². The van der Waals surface area contributed by atoms with Crippen molar-refractivity contribution < 1.29 is 9.32 Å². The number of aryl methyl sites for hydroxylation is 2. The van der Waals surface area contributed by atoms with E-state index in [9.17, 15) is 4.79 Å². The van der Waals surface area contributed by atoms with Crippen LogP contribution in [-0.4, -0.2) is 49.0 Å². The molecule has 0 N–H and O–H groups in total. The van der Waals surface area contributed by atoms with Crippen molar-refractivity contribution in [2.75, 3.05) is 13.1 Å². The van der Waals surface area contributed by atoms with Gasteiger partial charge in [-0.1, -0.05) is 28.1 Å².